The maximum atomic E-state index is 5.87. The van der Waals surface area contributed by atoms with Crippen molar-refractivity contribution in [1.29, 1.82) is 0 Å². The van der Waals surface area contributed by atoms with E-state index in [1.54, 1.807) is 26.5 Å². The fourth-order valence-electron chi connectivity index (χ4n) is 2.92. The molecule has 140 valence electrons. The smallest absolute Gasteiger partial charge is 0.226 e. The molecule has 0 aromatic carbocycles. The van der Waals surface area contributed by atoms with Crippen molar-refractivity contribution in [3.63, 3.8) is 0 Å². The van der Waals surface area contributed by atoms with Crippen LogP contribution < -0.4 is 20.1 Å². The fraction of sp³-hybridized carbons (Fsp3) is 0.353. The molecule has 0 bridgehead atoms. The molecule has 0 saturated carbocycles. The number of morpholine rings is 1. The van der Waals surface area contributed by atoms with Gasteiger partial charge in [0, 0.05) is 19.2 Å². The van der Waals surface area contributed by atoms with Crippen LogP contribution in [-0.4, -0.2) is 65.4 Å². The number of ether oxygens (including phenoxy) is 3. The van der Waals surface area contributed by atoms with Gasteiger partial charge in [-0.2, -0.15) is 15.0 Å². The number of pyridine rings is 1. The Morgan fingerprint density at radius 2 is 1.85 bits per heavy atom. The molecular formula is C17H19N7O3. The summed E-state index contributed by atoms with van der Waals surface area (Å²) in [6.07, 6.45) is 1.61. The van der Waals surface area contributed by atoms with Gasteiger partial charge < -0.3 is 24.8 Å². The molecule has 0 aliphatic carbocycles. The Hall–Kier alpha value is -3.27. The quantitative estimate of drug-likeness (QED) is 0.710. The minimum absolute atomic E-state index is 0.162. The minimum atomic E-state index is 0.162. The predicted octanol–water partition coefficient (Wildman–Crippen LogP) is 0.918. The molecule has 4 rings (SSSR count). The van der Waals surface area contributed by atoms with Crippen LogP contribution in [0.1, 0.15) is 0 Å². The maximum absolute atomic E-state index is 5.87. The number of methoxy groups -OCH3 is 2. The molecule has 3 aromatic rings. The first kappa shape index (κ1) is 17.2. The average molecular weight is 369 g/mol. The summed E-state index contributed by atoms with van der Waals surface area (Å²) < 4.78 is 16.0. The van der Waals surface area contributed by atoms with Crippen molar-refractivity contribution in [1.82, 2.24) is 24.9 Å². The van der Waals surface area contributed by atoms with Crippen LogP contribution >= 0.6 is 0 Å². The molecule has 3 aromatic heterocycles. The Morgan fingerprint density at radius 3 is 2.59 bits per heavy atom. The zero-order valence-corrected chi connectivity index (χ0v) is 15.0. The van der Waals surface area contributed by atoms with Crippen molar-refractivity contribution < 1.29 is 14.2 Å². The van der Waals surface area contributed by atoms with Gasteiger partial charge in [0.05, 0.1) is 44.9 Å². The van der Waals surface area contributed by atoms with Gasteiger partial charge in [-0.05, 0) is 6.07 Å². The molecule has 0 atom stereocenters. The minimum Gasteiger partial charge on any atom is -0.481 e. The third kappa shape index (κ3) is 3.26. The lowest BCUT2D eigenvalue weighted by atomic mass is 10.2. The van der Waals surface area contributed by atoms with E-state index in [0.717, 1.165) is 0 Å². The Kier molecular flexibility index (Phi) is 4.55. The molecule has 1 aliphatic rings. The third-order valence-electron chi connectivity index (χ3n) is 4.23. The summed E-state index contributed by atoms with van der Waals surface area (Å²) in [5.74, 6) is 1.66. The van der Waals surface area contributed by atoms with Gasteiger partial charge in [0.25, 0.3) is 0 Å². The second-order valence-corrected chi connectivity index (χ2v) is 5.84. The molecule has 27 heavy (non-hydrogen) atoms. The van der Waals surface area contributed by atoms with E-state index < -0.39 is 0 Å². The summed E-state index contributed by atoms with van der Waals surface area (Å²) in [5.41, 5.74) is 8.16. The number of fused-ring (bicyclic) bond motifs is 1. The normalized spacial score (nSPS) is 14.4. The van der Waals surface area contributed by atoms with Gasteiger partial charge in [-0.1, -0.05) is 0 Å². The zero-order chi connectivity index (χ0) is 18.8. The van der Waals surface area contributed by atoms with Gasteiger partial charge >= 0.3 is 0 Å². The zero-order valence-electron chi connectivity index (χ0n) is 15.0. The summed E-state index contributed by atoms with van der Waals surface area (Å²) in [4.78, 5) is 24.1. The molecule has 4 heterocycles. The molecular weight excluding hydrogens is 350 g/mol. The number of hydrogen-bond acceptors (Lipinski definition) is 10. The number of aromatic nitrogens is 5. The van der Waals surface area contributed by atoms with Gasteiger partial charge in [0.1, 0.15) is 0 Å². The van der Waals surface area contributed by atoms with E-state index in [1.165, 1.54) is 0 Å². The monoisotopic (exact) mass is 369 g/mol. The van der Waals surface area contributed by atoms with E-state index in [1.807, 2.05) is 6.07 Å². The van der Waals surface area contributed by atoms with Gasteiger partial charge in [-0.15, -0.1) is 0 Å². The van der Waals surface area contributed by atoms with Crippen LogP contribution in [0.15, 0.2) is 18.3 Å². The highest BCUT2D eigenvalue weighted by molar-refractivity contribution is 5.86. The molecule has 0 unspecified atom stereocenters. The number of nitrogens with zero attached hydrogens (tertiary/aromatic N) is 6. The van der Waals surface area contributed by atoms with E-state index in [2.05, 4.69) is 24.8 Å². The van der Waals surface area contributed by atoms with Crippen molar-refractivity contribution in [3.05, 3.63) is 18.3 Å². The van der Waals surface area contributed by atoms with E-state index in [0.29, 0.717) is 66.3 Å². The van der Waals surface area contributed by atoms with Crippen LogP contribution in [0, 0.1) is 0 Å². The van der Waals surface area contributed by atoms with Crippen molar-refractivity contribution in [2.24, 2.45) is 0 Å². The van der Waals surface area contributed by atoms with Crippen molar-refractivity contribution in [2.75, 3.05) is 51.2 Å². The van der Waals surface area contributed by atoms with Crippen molar-refractivity contribution in [3.8, 4) is 23.0 Å². The maximum Gasteiger partial charge on any atom is 0.226 e. The molecule has 10 heteroatoms. The Balaban J connectivity index is 1.85. The van der Waals surface area contributed by atoms with E-state index >= 15 is 0 Å². The second kappa shape index (κ2) is 7.16. The SMILES string of the molecule is COc1ccc(-c2cnc3nc(N)nc(N4CCOCC4)c3n2)c(OC)n1. The van der Waals surface area contributed by atoms with E-state index in [-0.39, 0.29) is 5.95 Å². The Labute approximate surface area is 155 Å². The van der Waals surface area contributed by atoms with Crippen LogP contribution in [0.4, 0.5) is 11.8 Å². The van der Waals surface area contributed by atoms with Gasteiger partial charge in [-0.3, -0.25) is 0 Å². The summed E-state index contributed by atoms with van der Waals surface area (Å²) in [5, 5.41) is 0. The molecule has 0 radical (unpaired) electrons. The molecule has 0 amide bonds. The predicted molar refractivity (Wildman–Crippen MR) is 98.9 cm³/mol. The number of nitrogen functional groups attached to an aromatic ring is 1. The number of rotatable bonds is 4. The van der Waals surface area contributed by atoms with E-state index in [9.17, 15) is 0 Å². The first-order chi connectivity index (χ1) is 13.2. The van der Waals surface area contributed by atoms with Crippen LogP contribution in [0.25, 0.3) is 22.4 Å². The van der Waals surface area contributed by atoms with Crippen LogP contribution in [0.5, 0.6) is 11.8 Å². The summed E-state index contributed by atoms with van der Waals surface area (Å²) in [6.45, 7) is 2.64. The summed E-state index contributed by atoms with van der Waals surface area (Å²) in [6, 6.07) is 3.57. The fourth-order valence-corrected chi connectivity index (χ4v) is 2.92. The second-order valence-electron chi connectivity index (χ2n) is 5.84. The number of nitrogens with two attached hydrogens (primary N) is 1. The average Bonchev–Trinajstić information content (AvgIpc) is 2.73. The lowest BCUT2D eigenvalue weighted by molar-refractivity contribution is 0.122. The molecule has 0 spiro atoms. The molecule has 2 N–H and O–H groups in total. The molecule has 1 fully saturated rings. The van der Waals surface area contributed by atoms with Crippen LogP contribution in [0.2, 0.25) is 0 Å². The Bertz CT molecular complexity index is 976. The summed E-state index contributed by atoms with van der Waals surface area (Å²) >= 11 is 0. The number of hydrogen-bond donors (Lipinski definition) is 1. The van der Waals surface area contributed by atoms with Crippen molar-refractivity contribution in [2.45, 2.75) is 0 Å². The standard InChI is InChI=1S/C17H19N7O3/c1-25-12-4-3-10(16(21-12)26-2)11-9-19-14-13(20-11)15(23-17(18)22-14)24-5-7-27-8-6-24/h3-4,9H,5-8H2,1-2H3,(H2,18,19,22,23). The van der Waals surface area contributed by atoms with Gasteiger partial charge in [-0.25, -0.2) is 9.97 Å². The topological polar surface area (TPSA) is 121 Å². The van der Waals surface area contributed by atoms with Crippen LogP contribution in [-0.2, 0) is 4.74 Å². The lowest BCUT2D eigenvalue weighted by Gasteiger charge is -2.28. The lowest BCUT2D eigenvalue weighted by Crippen LogP contribution is -2.37. The highest BCUT2D eigenvalue weighted by atomic mass is 16.5. The first-order valence-electron chi connectivity index (χ1n) is 8.42. The first-order valence-corrected chi connectivity index (χ1v) is 8.42. The van der Waals surface area contributed by atoms with Gasteiger partial charge in [0.15, 0.2) is 17.0 Å². The van der Waals surface area contributed by atoms with Crippen molar-refractivity contribution >= 4 is 22.9 Å². The van der Waals surface area contributed by atoms with E-state index in [4.69, 9.17) is 24.9 Å². The molecule has 1 saturated heterocycles. The Morgan fingerprint density at radius 1 is 1.04 bits per heavy atom. The third-order valence-corrected chi connectivity index (χ3v) is 4.23. The molecule has 10 nitrogen and oxygen atoms in total. The largest absolute Gasteiger partial charge is 0.481 e. The van der Waals surface area contributed by atoms with Gasteiger partial charge in [0.2, 0.25) is 17.7 Å². The highest BCUT2D eigenvalue weighted by Gasteiger charge is 2.20. The highest BCUT2D eigenvalue weighted by Crippen LogP contribution is 2.31. The molecule has 1 aliphatic heterocycles. The van der Waals surface area contributed by atoms with Crippen LogP contribution in [0.3, 0.4) is 0 Å². The number of anilines is 2. The summed E-state index contributed by atoms with van der Waals surface area (Å²) in [7, 11) is 3.09.